The Labute approximate surface area is 155 Å². The smallest absolute Gasteiger partial charge is 0.356 e. The molecule has 2 N–H and O–H groups in total. The van der Waals surface area contributed by atoms with Gasteiger partial charge in [0.05, 0.1) is 5.69 Å². The normalized spacial score (nSPS) is 11.4. The fraction of sp³-hybridized carbons (Fsp3) is 0.263. The van der Waals surface area contributed by atoms with Gasteiger partial charge in [-0.1, -0.05) is 38.1 Å². The Hall–Kier alpha value is -3.42. The van der Waals surface area contributed by atoms with Crippen molar-refractivity contribution in [2.75, 3.05) is 0 Å². The summed E-state index contributed by atoms with van der Waals surface area (Å²) in [6.45, 7) is 6.22. The van der Waals surface area contributed by atoms with Gasteiger partial charge in [0.1, 0.15) is 5.76 Å². The third kappa shape index (κ3) is 4.22. The van der Waals surface area contributed by atoms with E-state index >= 15 is 0 Å². The van der Waals surface area contributed by atoms with E-state index in [4.69, 9.17) is 9.63 Å². The van der Waals surface area contributed by atoms with Gasteiger partial charge in [-0.3, -0.25) is 4.79 Å². The topological polar surface area (TPSA) is 110 Å². The Kier molecular flexibility index (Phi) is 4.81. The largest absolute Gasteiger partial charge is 0.476 e. The van der Waals surface area contributed by atoms with Gasteiger partial charge >= 0.3 is 5.97 Å². The van der Waals surface area contributed by atoms with Crippen molar-refractivity contribution in [1.29, 1.82) is 0 Å². The number of carboxylic acids is 1. The predicted octanol–water partition coefficient (Wildman–Crippen LogP) is 2.79. The number of amides is 1. The molecule has 0 bridgehead atoms. The molecule has 0 saturated heterocycles. The van der Waals surface area contributed by atoms with Crippen LogP contribution in [0.4, 0.5) is 0 Å². The van der Waals surface area contributed by atoms with E-state index < -0.39 is 5.97 Å². The third-order valence-corrected chi connectivity index (χ3v) is 3.92. The standard InChI is InChI=1S/C19H20N4O4/c1-19(2,3)16-10-15(22-27-16)17(24)20-11-12-5-4-6-13(9-12)23-8-7-14(21-23)18(25)26/h4-10H,11H2,1-3H3,(H,20,24)(H,25,26). The molecule has 3 rings (SSSR count). The molecule has 0 aliphatic heterocycles. The van der Waals surface area contributed by atoms with Crippen LogP contribution in [0.25, 0.3) is 5.69 Å². The van der Waals surface area contributed by atoms with Crippen LogP contribution in [0.1, 0.15) is 53.1 Å². The van der Waals surface area contributed by atoms with Gasteiger partial charge < -0.3 is 14.9 Å². The van der Waals surface area contributed by atoms with Gasteiger partial charge in [-0.25, -0.2) is 9.48 Å². The summed E-state index contributed by atoms with van der Waals surface area (Å²) in [5, 5.41) is 19.6. The highest BCUT2D eigenvalue weighted by Gasteiger charge is 2.22. The Morgan fingerprint density at radius 1 is 1.19 bits per heavy atom. The highest BCUT2D eigenvalue weighted by molar-refractivity contribution is 5.92. The molecule has 0 unspecified atom stereocenters. The first kappa shape index (κ1) is 18.4. The molecule has 0 fully saturated rings. The number of carboxylic acid groups (broad SMARTS) is 1. The zero-order valence-electron chi connectivity index (χ0n) is 15.3. The van der Waals surface area contributed by atoms with E-state index in [1.54, 1.807) is 18.3 Å². The summed E-state index contributed by atoms with van der Waals surface area (Å²) in [5.41, 5.74) is 1.51. The van der Waals surface area contributed by atoms with Crippen molar-refractivity contribution >= 4 is 11.9 Å². The third-order valence-electron chi connectivity index (χ3n) is 3.92. The van der Waals surface area contributed by atoms with Gasteiger partial charge in [-0.05, 0) is 23.8 Å². The van der Waals surface area contributed by atoms with E-state index in [0.717, 1.165) is 5.56 Å². The zero-order chi connectivity index (χ0) is 19.6. The minimum Gasteiger partial charge on any atom is -0.476 e. The van der Waals surface area contributed by atoms with Crippen molar-refractivity contribution in [2.45, 2.75) is 32.7 Å². The van der Waals surface area contributed by atoms with Crippen LogP contribution in [0.2, 0.25) is 0 Å². The zero-order valence-corrected chi connectivity index (χ0v) is 15.3. The van der Waals surface area contributed by atoms with Crippen molar-refractivity contribution in [3.8, 4) is 5.69 Å². The average Bonchev–Trinajstić information content (AvgIpc) is 3.29. The fourth-order valence-corrected chi connectivity index (χ4v) is 2.40. The summed E-state index contributed by atoms with van der Waals surface area (Å²) in [5.74, 6) is -0.770. The Morgan fingerprint density at radius 2 is 1.96 bits per heavy atom. The highest BCUT2D eigenvalue weighted by atomic mass is 16.5. The Balaban J connectivity index is 1.68. The second-order valence-corrected chi connectivity index (χ2v) is 7.13. The Bertz CT molecular complexity index is 982. The van der Waals surface area contributed by atoms with E-state index in [9.17, 15) is 9.59 Å². The van der Waals surface area contributed by atoms with Gasteiger partial charge in [0.25, 0.3) is 5.91 Å². The molecule has 1 amide bonds. The predicted molar refractivity (Wildman–Crippen MR) is 96.9 cm³/mol. The molecule has 3 aromatic rings. The molecular formula is C19H20N4O4. The molecule has 140 valence electrons. The lowest BCUT2D eigenvalue weighted by molar-refractivity contribution is 0.0689. The number of benzene rings is 1. The molecule has 0 saturated carbocycles. The Morgan fingerprint density at radius 3 is 2.59 bits per heavy atom. The SMILES string of the molecule is CC(C)(C)c1cc(C(=O)NCc2cccc(-n3ccc(C(=O)O)n3)c2)no1. The number of hydrogen-bond donors (Lipinski definition) is 2. The van der Waals surface area contributed by atoms with Crippen LogP contribution in [-0.4, -0.2) is 31.9 Å². The summed E-state index contributed by atoms with van der Waals surface area (Å²) in [6.07, 6.45) is 1.57. The van der Waals surface area contributed by atoms with Gasteiger partial charge in [0.2, 0.25) is 0 Å². The number of rotatable bonds is 5. The van der Waals surface area contributed by atoms with E-state index in [0.29, 0.717) is 11.4 Å². The summed E-state index contributed by atoms with van der Waals surface area (Å²) in [4.78, 5) is 23.2. The second-order valence-electron chi connectivity index (χ2n) is 7.13. The van der Waals surface area contributed by atoms with E-state index in [2.05, 4.69) is 15.6 Å². The minimum atomic E-state index is -1.08. The molecule has 0 spiro atoms. The quantitative estimate of drug-likeness (QED) is 0.716. The number of aromatic nitrogens is 3. The van der Waals surface area contributed by atoms with Gasteiger partial charge in [-0.2, -0.15) is 5.10 Å². The van der Waals surface area contributed by atoms with Gasteiger partial charge in [0.15, 0.2) is 11.4 Å². The number of nitrogens with zero attached hydrogens (tertiary/aromatic N) is 3. The monoisotopic (exact) mass is 368 g/mol. The summed E-state index contributed by atoms with van der Waals surface area (Å²) in [6, 6.07) is 10.4. The van der Waals surface area contributed by atoms with Crippen LogP contribution in [0.3, 0.4) is 0 Å². The number of carbonyl (C=O) groups is 2. The van der Waals surface area contributed by atoms with E-state index in [1.807, 2.05) is 39.0 Å². The summed E-state index contributed by atoms with van der Waals surface area (Å²) < 4.78 is 6.70. The number of hydrogen-bond acceptors (Lipinski definition) is 5. The van der Waals surface area contributed by atoms with Crippen molar-refractivity contribution < 1.29 is 19.2 Å². The summed E-state index contributed by atoms with van der Waals surface area (Å²) in [7, 11) is 0. The van der Waals surface area contributed by atoms with Crippen LogP contribution in [0.15, 0.2) is 47.1 Å². The average molecular weight is 368 g/mol. The lowest BCUT2D eigenvalue weighted by atomic mass is 9.93. The van der Waals surface area contributed by atoms with Crippen molar-refractivity contribution in [1.82, 2.24) is 20.3 Å². The van der Waals surface area contributed by atoms with Crippen molar-refractivity contribution in [2.24, 2.45) is 0 Å². The molecule has 2 aromatic heterocycles. The first-order valence-corrected chi connectivity index (χ1v) is 8.38. The molecule has 8 nitrogen and oxygen atoms in total. The maximum atomic E-state index is 12.3. The van der Waals surface area contributed by atoms with Crippen LogP contribution in [0.5, 0.6) is 0 Å². The van der Waals surface area contributed by atoms with E-state index in [1.165, 1.54) is 10.7 Å². The van der Waals surface area contributed by atoms with Crippen LogP contribution in [-0.2, 0) is 12.0 Å². The molecule has 2 heterocycles. The molecule has 1 aromatic carbocycles. The molecule has 0 atom stereocenters. The second kappa shape index (κ2) is 7.06. The van der Waals surface area contributed by atoms with Crippen LogP contribution in [0, 0.1) is 0 Å². The van der Waals surface area contributed by atoms with Crippen molar-refractivity contribution in [3.05, 3.63) is 65.3 Å². The maximum Gasteiger partial charge on any atom is 0.356 e. The maximum absolute atomic E-state index is 12.3. The van der Waals surface area contributed by atoms with E-state index in [-0.39, 0.29) is 29.3 Å². The fourth-order valence-electron chi connectivity index (χ4n) is 2.40. The minimum absolute atomic E-state index is 0.0330. The number of nitrogens with one attached hydrogen (secondary N) is 1. The van der Waals surface area contributed by atoms with Crippen molar-refractivity contribution in [3.63, 3.8) is 0 Å². The first-order valence-electron chi connectivity index (χ1n) is 8.38. The summed E-state index contributed by atoms with van der Waals surface area (Å²) >= 11 is 0. The number of aromatic carboxylic acids is 1. The highest BCUT2D eigenvalue weighted by Crippen LogP contribution is 2.22. The molecule has 0 aliphatic carbocycles. The number of carbonyl (C=O) groups excluding carboxylic acids is 1. The van der Waals surface area contributed by atoms with Gasteiger partial charge in [-0.15, -0.1) is 0 Å². The van der Waals surface area contributed by atoms with Crippen LogP contribution < -0.4 is 5.32 Å². The lowest BCUT2D eigenvalue weighted by Crippen LogP contribution is -2.23. The van der Waals surface area contributed by atoms with Gasteiger partial charge in [0, 0.05) is 24.2 Å². The van der Waals surface area contributed by atoms with Crippen LogP contribution >= 0.6 is 0 Å². The molecule has 8 heteroatoms. The molecule has 0 aliphatic rings. The first-order chi connectivity index (χ1) is 12.7. The molecular weight excluding hydrogens is 348 g/mol. The molecule has 0 radical (unpaired) electrons. The lowest BCUT2D eigenvalue weighted by Gasteiger charge is -2.12. The molecule has 27 heavy (non-hydrogen) atoms.